The van der Waals surface area contributed by atoms with Crippen LogP contribution in [0.3, 0.4) is 0 Å². The van der Waals surface area contributed by atoms with E-state index in [4.69, 9.17) is 0 Å². The number of halogens is 3. The van der Waals surface area contributed by atoms with Gasteiger partial charge in [-0.3, -0.25) is 4.79 Å². The molecule has 0 spiro atoms. The van der Waals surface area contributed by atoms with Gasteiger partial charge in [0.25, 0.3) is 0 Å². The molecule has 1 unspecified atom stereocenters. The van der Waals surface area contributed by atoms with Crippen LogP contribution < -0.4 is 4.90 Å². The first-order valence-corrected chi connectivity index (χ1v) is 7.09. The Bertz CT molecular complexity index is 608. The summed E-state index contributed by atoms with van der Waals surface area (Å²) in [6.45, 7) is -0.302. The molecular formula is C9H7BrF2N2O3S. The van der Waals surface area contributed by atoms with Crippen molar-refractivity contribution < 1.29 is 21.5 Å². The van der Waals surface area contributed by atoms with Crippen molar-refractivity contribution in [2.75, 3.05) is 11.4 Å². The van der Waals surface area contributed by atoms with Crippen LogP contribution in [-0.4, -0.2) is 31.1 Å². The summed E-state index contributed by atoms with van der Waals surface area (Å²) in [4.78, 5) is 16.1. The Balaban J connectivity index is 2.33. The molecule has 1 amide bonds. The summed E-state index contributed by atoms with van der Waals surface area (Å²) in [5, 5.41) is -1.39. The Morgan fingerprint density at radius 2 is 2.11 bits per heavy atom. The fourth-order valence-electron chi connectivity index (χ4n) is 1.70. The van der Waals surface area contributed by atoms with Crippen molar-refractivity contribution in [2.24, 2.45) is 0 Å². The quantitative estimate of drug-likeness (QED) is 0.602. The molecule has 1 saturated heterocycles. The molecule has 5 nitrogen and oxygen atoms in total. The predicted octanol–water partition coefficient (Wildman–Crippen LogP) is 1.39. The molecule has 2 rings (SSSR count). The number of hydrogen-bond acceptors (Lipinski definition) is 4. The van der Waals surface area contributed by atoms with Crippen LogP contribution in [0.2, 0.25) is 0 Å². The van der Waals surface area contributed by atoms with E-state index in [0.29, 0.717) is 0 Å². The smallest absolute Gasteiger partial charge is 0.307 e. The van der Waals surface area contributed by atoms with E-state index in [-0.39, 0.29) is 16.8 Å². The minimum absolute atomic E-state index is 0.0627. The SMILES string of the molecule is O=C1CC(S(=O)(=O)F)CN1c1ccc(F)nc1Br. The third-order valence-electron chi connectivity index (χ3n) is 2.57. The summed E-state index contributed by atoms with van der Waals surface area (Å²) in [7, 11) is -4.77. The average Bonchev–Trinajstić information content (AvgIpc) is 2.60. The molecule has 9 heteroatoms. The number of anilines is 1. The molecule has 18 heavy (non-hydrogen) atoms. The number of amides is 1. The van der Waals surface area contributed by atoms with Crippen molar-refractivity contribution in [3.05, 3.63) is 22.7 Å². The Morgan fingerprint density at radius 1 is 1.44 bits per heavy atom. The van der Waals surface area contributed by atoms with Crippen molar-refractivity contribution in [1.29, 1.82) is 0 Å². The lowest BCUT2D eigenvalue weighted by molar-refractivity contribution is -0.117. The van der Waals surface area contributed by atoms with Gasteiger partial charge >= 0.3 is 10.2 Å². The van der Waals surface area contributed by atoms with E-state index in [9.17, 15) is 21.5 Å². The number of nitrogens with zero attached hydrogens (tertiary/aromatic N) is 2. The summed E-state index contributed by atoms with van der Waals surface area (Å²) in [6.07, 6.45) is -0.428. The molecule has 1 fully saturated rings. The zero-order valence-corrected chi connectivity index (χ0v) is 11.2. The second kappa shape index (κ2) is 4.54. The van der Waals surface area contributed by atoms with Gasteiger partial charge in [-0.25, -0.2) is 4.98 Å². The van der Waals surface area contributed by atoms with Crippen molar-refractivity contribution in [1.82, 2.24) is 4.98 Å². The fourth-order valence-corrected chi connectivity index (χ4v) is 2.89. The monoisotopic (exact) mass is 340 g/mol. The van der Waals surface area contributed by atoms with E-state index in [0.717, 1.165) is 11.0 Å². The highest BCUT2D eigenvalue weighted by Crippen LogP contribution is 2.30. The summed E-state index contributed by atoms with van der Waals surface area (Å²) in [6, 6.07) is 2.31. The first-order valence-electron chi connectivity index (χ1n) is 4.85. The molecular weight excluding hydrogens is 334 g/mol. The van der Waals surface area contributed by atoms with Gasteiger partial charge < -0.3 is 4.90 Å². The number of hydrogen-bond donors (Lipinski definition) is 0. The van der Waals surface area contributed by atoms with Gasteiger partial charge in [0, 0.05) is 13.0 Å². The van der Waals surface area contributed by atoms with Crippen LogP contribution in [0.1, 0.15) is 6.42 Å². The molecule has 0 radical (unpaired) electrons. The third-order valence-corrected chi connectivity index (χ3v) is 4.27. The normalized spacial score (nSPS) is 20.5. The maximum absolute atomic E-state index is 12.8. The second-order valence-corrected chi connectivity index (χ2v) is 6.12. The van der Waals surface area contributed by atoms with E-state index >= 15 is 0 Å². The Morgan fingerprint density at radius 3 is 2.61 bits per heavy atom. The molecule has 0 aliphatic carbocycles. The van der Waals surface area contributed by atoms with Crippen LogP contribution in [-0.2, 0) is 15.0 Å². The molecule has 0 saturated carbocycles. The van der Waals surface area contributed by atoms with Crippen LogP contribution in [0.5, 0.6) is 0 Å². The van der Waals surface area contributed by atoms with Crippen LogP contribution in [0, 0.1) is 5.95 Å². The number of rotatable bonds is 2. The molecule has 2 heterocycles. The van der Waals surface area contributed by atoms with Gasteiger partial charge in [-0.2, -0.15) is 12.8 Å². The largest absolute Gasteiger partial charge is 0.308 e. The van der Waals surface area contributed by atoms with Crippen LogP contribution in [0.4, 0.5) is 14.0 Å². The lowest BCUT2D eigenvalue weighted by Gasteiger charge is -2.16. The van der Waals surface area contributed by atoms with Gasteiger partial charge in [0.2, 0.25) is 11.9 Å². The Labute approximate surface area is 110 Å². The molecule has 1 aromatic rings. The highest BCUT2D eigenvalue weighted by Gasteiger charge is 2.39. The fraction of sp³-hybridized carbons (Fsp3) is 0.333. The molecule has 0 N–H and O–H groups in total. The summed E-state index contributed by atoms with van der Waals surface area (Å²) >= 11 is 2.97. The Hall–Kier alpha value is -1.09. The van der Waals surface area contributed by atoms with E-state index in [1.807, 2.05) is 0 Å². The molecule has 1 aromatic heterocycles. The van der Waals surface area contributed by atoms with E-state index in [1.54, 1.807) is 0 Å². The van der Waals surface area contributed by atoms with Gasteiger partial charge in [-0.15, -0.1) is 3.89 Å². The standard InChI is InChI=1S/C9H7BrF2N2O3S/c10-9-6(1-2-7(11)13-9)14-4-5(3-8(14)15)18(12,16)17/h1-2,5H,3-4H2. The zero-order chi connectivity index (χ0) is 13.5. The van der Waals surface area contributed by atoms with Crippen LogP contribution in [0.15, 0.2) is 16.7 Å². The average molecular weight is 341 g/mol. The third kappa shape index (κ3) is 2.51. The molecule has 0 aromatic carbocycles. The zero-order valence-electron chi connectivity index (χ0n) is 8.81. The van der Waals surface area contributed by atoms with E-state index in [2.05, 4.69) is 20.9 Å². The summed E-state index contributed by atoms with van der Waals surface area (Å²) in [5.74, 6) is -1.29. The maximum Gasteiger partial charge on any atom is 0.307 e. The van der Waals surface area contributed by atoms with Crippen molar-refractivity contribution in [3.63, 3.8) is 0 Å². The van der Waals surface area contributed by atoms with Gasteiger partial charge in [0.05, 0.1) is 5.69 Å². The predicted molar refractivity (Wildman–Crippen MR) is 62.7 cm³/mol. The minimum atomic E-state index is -4.77. The first-order chi connectivity index (χ1) is 8.29. The number of pyridine rings is 1. The topological polar surface area (TPSA) is 67.3 Å². The highest BCUT2D eigenvalue weighted by molar-refractivity contribution is 9.10. The van der Waals surface area contributed by atoms with Crippen molar-refractivity contribution >= 4 is 37.7 Å². The van der Waals surface area contributed by atoms with Crippen molar-refractivity contribution in [3.8, 4) is 0 Å². The van der Waals surface area contributed by atoms with Gasteiger partial charge in [0.15, 0.2) is 0 Å². The first kappa shape index (κ1) is 13.3. The van der Waals surface area contributed by atoms with Gasteiger partial charge in [0.1, 0.15) is 9.85 Å². The molecule has 0 bridgehead atoms. The summed E-state index contributed by atoms with van der Waals surface area (Å²) in [5.41, 5.74) is 0.215. The number of carbonyl (C=O) groups is 1. The molecule has 1 aliphatic rings. The number of carbonyl (C=O) groups excluding carboxylic acids is 1. The lowest BCUT2D eigenvalue weighted by Crippen LogP contribution is -2.27. The lowest BCUT2D eigenvalue weighted by atomic mass is 10.4. The Kier molecular flexibility index (Phi) is 3.37. The minimum Gasteiger partial charge on any atom is -0.308 e. The van der Waals surface area contributed by atoms with Crippen molar-refractivity contribution in [2.45, 2.75) is 11.7 Å². The highest BCUT2D eigenvalue weighted by atomic mass is 79.9. The molecule has 1 aliphatic heterocycles. The number of aromatic nitrogens is 1. The maximum atomic E-state index is 12.8. The molecule has 98 valence electrons. The van der Waals surface area contributed by atoms with E-state index < -0.39 is 33.7 Å². The molecule has 1 atom stereocenters. The summed E-state index contributed by atoms with van der Waals surface area (Å²) < 4.78 is 47.2. The van der Waals surface area contributed by atoms with Crippen LogP contribution in [0.25, 0.3) is 0 Å². The van der Waals surface area contributed by atoms with Gasteiger partial charge in [-0.1, -0.05) is 0 Å². The van der Waals surface area contributed by atoms with Crippen LogP contribution >= 0.6 is 15.9 Å². The second-order valence-electron chi connectivity index (χ2n) is 3.75. The van der Waals surface area contributed by atoms with Gasteiger partial charge in [-0.05, 0) is 28.1 Å². The van der Waals surface area contributed by atoms with E-state index in [1.165, 1.54) is 6.07 Å².